The molecule has 72 valence electrons. The van der Waals surface area contributed by atoms with E-state index in [1.54, 1.807) is 12.3 Å². The Labute approximate surface area is 88.2 Å². The fraction of sp³-hybridized carbons (Fsp3) is 0. The smallest absolute Gasteiger partial charge is 0.147 e. The first-order valence-electron chi connectivity index (χ1n) is 3.93. The Morgan fingerprint density at radius 3 is 2.86 bits per heavy atom. The molecule has 0 amide bonds. The first-order valence-corrected chi connectivity index (χ1v) is 4.72. The van der Waals surface area contributed by atoms with E-state index in [1.165, 1.54) is 12.1 Å². The van der Waals surface area contributed by atoms with Crippen LogP contribution in [0, 0.1) is 5.82 Å². The number of fused-ring (bicyclic) bond motifs is 1. The number of aromatic nitrogens is 1. The SMILES string of the molecule is NNc1nccc2c(Br)cc(F)cc12. The van der Waals surface area contributed by atoms with Crippen molar-refractivity contribution >= 4 is 32.5 Å². The standard InChI is InChI=1S/C9H7BrFN3/c10-8-4-5(11)3-7-6(8)1-2-13-9(7)14-12/h1-4H,12H2,(H,13,14). The molecule has 3 N–H and O–H groups in total. The molecule has 0 atom stereocenters. The quantitative estimate of drug-likeness (QED) is 0.608. The summed E-state index contributed by atoms with van der Waals surface area (Å²) in [5.74, 6) is 5.40. The Hall–Kier alpha value is -1.20. The fourth-order valence-electron chi connectivity index (χ4n) is 1.32. The van der Waals surface area contributed by atoms with Crippen LogP contribution in [0.5, 0.6) is 0 Å². The monoisotopic (exact) mass is 255 g/mol. The lowest BCUT2D eigenvalue weighted by molar-refractivity contribution is 0.629. The highest BCUT2D eigenvalue weighted by atomic mass is 79.9. The van der Waals surface area contributed by atoms with E-state index < -0.39 is 0 Å². The number of nitrogens with one attached hydrogen (secondary N) is 1. The molecule has 1 aromatic heterocycles. The minimum absolute atomic E-state index is 0.325. The lowest BCUT2D eigenvalue weighted by atomic mass is 10.1. The lowest BCUT2D eigenvalue weighted by Crippen LogP contribution is -2.08. The minimum Gasteiger partial charge on any atom is -0.308 e. The summed E-state index contributed by atoms with van der Waals surface area (Å²) in [7, 11) is 0. The number of nitrogens with zero attached hydrogens (tertiary/aromatic N) is 1. The molecular formula is C9H7BrFN3. The van der Waals surface area contributed by atoms with Crippen molar-refractivity contribution in [2.75, 3.05) is 5.43 Å². The predicted octanol–water partition coefficient (Wildman–Crippen LogP) is 2.42. The zero-order valence-corrected chi connectivity index (χ0v) is 8.68. The number of nitrogens with two attached hydrogens (primary N) is 1. The highest BCUT2D eigenvalue weighted by molar-refractivity contribution is 9.10. The molecule has 2 aromatic rings. The van der Waals surface area contributed by atoms with Gasteiger partial charge in [0.25, 0.3) is 0 Å². The summed E-state index contributed by atoms with van der Waals surface area (Å²) < 4.78 is 13.8. The Balaban J connectivity index is 2.86. The molecule has 0 fully saturated rings. The maximum Gasteiger partial charge on any atom is 0.147 e. The average Bonchev–Trinajstić information content (AvgIpc) is 2.17. The summed E-state index contributed by atoms with van der Waals surface area (Å²) in [4.78, 5) is 3.98. The highest BCUT2D eigenvalue weighted by Gasteiger charge is 2.05. The van der Waals surface area contributed by atoms with Crippen molar-refractivity contribution in [3.05, 3.63) is 34.7 Å². The van der Waals surface area contributed by atoms with Gasteiger partial charge in [-0.3, -0.25) is 0 Å². The van der Waals surface area contributed by atoms with Gasteiger partial charge < -0.3 is 5.43 Å². The molecule has 14 heavy (non-hydrogen) atoms. The van der Waals surface area contributed by atoms with Crippen molar-refractivity contribution in [2.45, 2.75) is 0 Å². The number of nitrogen functional groups attached to an aromatic ring is 1. The van der Waals surface area contributed by atoms with Gasteiger partial charge in [0.1, 0.15) is 11.6 Å². The van der Waals surface area contributed by atoms with Crippen LogP contribution in [0.25, 0.3) is 10.8 Å². The van der Waals surface area contributed by atoms with Crippen LogP contribution in [0.3, 0.4) is 0 Å². The van der Waals surface area contributed by atoms with E-state index in [0.717, 1.165) is 5.39 Å². The van der Waals surface area contributed by atoms with Crippen LogP contribution >= 0.6 is 15.9 Å². The molecule has 5 heteroatoms. The molecule has 0 aliphatic rings. The van der Waals surface area contributed by atoms with Gasteiger partial charge in [-0.2, -0.15) is 0 Å². The second-order valence-corrected chi connectivity index (χ2v) is 3.64. The normalized spacial score (nSPS) is 10.5. The van der Waals surface area contributed by atoms with Crippen LogP contribution in [0.2, 0.25) is 0 Å². The van der Waals surface area contributed by atoms with Crippen molar-refractivity contribution in [2.24, 2.45) is 5.84 Å². The van der Waals surface area contributed by atoms with Gasteiger partial charge in [0, 0.05) is 21.4 Å². The number of hydrogen-bond acceptors (Lipinski definition) is 3. The molecule has 0 saturated carbocycles. The van der Waals surface area contributed by atoms with Crippen molar-refractivity contribution in [3.63, 3.8) is 0 Å². The summed E-state index contributed by atoms with van der Waals surface area (Å²) in [5, 5.41) is 1.52. The summed E-state index contributed by atoms with van der Waals surface area (Å²) >= 11 is 3.27. The van der Waals surface area contributed by atoms with E-state index in [0.29, 0.717) is 15.7 Å². The van der Waals surface area contributed by atoms with E-state index in [4.69, 9.17) is 5.84 Å². The summed E-state index contributed by atoms with van der Waals surface area (Å²) in [6, 6.07) is 4.59. The number of benzene rings is 1. The molecule has 0 saturated heterocycles. The first-order chi connectivity index (χ1) is 6.72. The molecule has 0 spiro atoms. The summed E-state index contributed by atoms with van der Waals surface area (Å²) in [5.41, 5.74) is 2.43. The van der Waals surface area contributed by atoms with Crippen LogP contribution in [0.15, 0.2) is 28.9 Å². The lowest BCUT2D eigenvalue weighted by Gasteiger charge is -2.05. The summed E-state index contributed by atoms with van der Waals surface area (Å²) in [6.07, 6.45) is 1.61. The van der Waals surface area contributed by atoms with Gasteiger partial charge in [-0.15, -0.1) is 0 Å². The molecule has 1 aromatic carbocycles. The summed E-state index contributed by atoms with van der Waals surface area (Å²) in [6.45, 7) is 0. The van der Waals surface area contributed by atoms with Gasteiger partial charge in [-0.1, -0.05) is 15.9 Å². The van der Waals surface area contributed by atoms with Crippen LogP contribution in [0.4, 0.5) is 10.2 Å². The average molecular weight is 256 g/mol. The second-order valence-electron chi connectivity index (χ2n) is 2.79. The topological polar surface area (TPSA) is 50.9 Å². The van der Waals surface area contributed by atoms with Crippen molar-refractivity contribution < 1.29 is 4.39 Å². The van der Waals surface area contributed by atoms with Gasteiger partial charge in [-0.05, 0) is 18.2 Å². The Kier molecular flexibility index (Phi) is 2.35. The Bertz CT molecular complexity index is 487. The second kappa shape index (κ2) is 3.51. The Morgan fingerprint density at radius 1 is 1.36 bits per heavy atom. The van der Waals surface area contributed by atoms with Crippen molar-refractivity contribution in [1.29, 1.82) is 0 Å². The van der Waals surface area contributed by atoms with E-state index >= 15 is 0 Å². The number of hydrogen-bond donors (Lipinski definition) is 2. The molecule has 0 aliphatic carbocycles. The molecule has 1 heterocycles. The molecule has 0 radical (unpaired) electrons. The van der Waals surface area contributed by atoms with Gasteiger partial charge in [0.05, 0.1) is 0 Å². The molecule has 0 bridgehead atoms. The van der Waals surface area contributed by atoms with E-state index in [-0.39, 0.29) is 5.82 Å². The maximum absolute atomic E-state index is 13.1. The van der Waals surface area contributed by atoms with Crippen molar-refractivity contribution in [1.82, 2.24) is 4.98 Å². The third-order valence-electron chi connectivity index (χ3n) is 1.93. The molecule has 0 aliphatic heterocycles. The van der Waals surface area contributed by atoms with Gasteiger partial charge in [-0.25, -0.2) is 15.2 Å². The number of hydrazine groups is 1. The van der Waals surface area contributed by atoms with Crippen LogP contribution in [-0.2, 0) is 0 Å². The largest absolute Gasteiger partial charge is 0.308 e. The number of rotatable bonds is 1. The van der Waals surface area contributed by atoms with Gasteiger partial charge >= 0.3 is 0 Å². The van der Waals surface area contributed by atoms with Crippen molar-refractivity contribution in [3.8, 4) is 0 Å². The van der Waals surface area contributed by atoms with Gasteiger partial charge in [0.15, 0.2) is 0 Å². The predicted molar refractivity (Wildman–Crippen MR) is 57.2 cm³/mol. The number of halogens is 2. The zero-order chi connectivity index (χ0) is 10.1. The molecule has 2 rings (SSSR count). The minimum atomic E-state index is -0.325. The number of pyridine rings is 1. The molecular weight excluding hydrogens is 249 g/mol. The van der Waals surface area contributed by atoms with E-state index in [1.807, 2.05) is 0 Å². The maximum atomic E-state index is 13.1. The third-order valence-corrected chi connectivity index (χ3v) is 2.59. The van der Waals surface area contributed by atoms with Gasteiger partial charge in [0.2, 0.25) is 0 Å². The van der Waals surface area contributed by atoms with E-state index in [9.17, 15) is 4.39 Å². The zero-order valence-electron chi connectivity index (χ0n) is 7.09. The number of anilines is 1. The van der Waals surface area contributed by atoms with E-state index in [2.05, 4.69) is 26.3 Å². The third kappa shape index (κ3) is 1.44. The Morgan fingerprint density at radius 2 is 2.14 bits per heavy atom. The fourth-order valence-corrected chi connectivity index (χ4v) is 1.89. The first kappa shape index (κ1) is 9.36. The van der Waals surface area contributed by atoms with Crippen LogP contribution in [0.1, 0.15) is 0 Å². The molecule has 3 nitrogen and oxygen atoms in total. The molecule has 0 unspecified atom stereocenters. The van der Waals surface area contributed by atoms with Crippen LogP contribution in [-0.4, -0.2) is 4.98 Å². The van der Waals surface area contributed by atoms with Crippen LogP contribution < -0.4 is 11.3 Å². The highest BCUT2D eigenvalue weighted by Crippen LogP contribution is 2.28.